The van der Waals surface area contributed by atoms with Crippen molar-refractivity contribution in [3.8, 4) is 28.6 Å². The minimum atomic E-state index is -3.91. The molecule has 0 amide bonds. The van der Waals surface area contributed by atoms with Gasteiger partial charge in [0.05, 0.1) is 11.7 Å². The number of pyridine rings is 1. The first-order valence-corrected chi connectivity index (χ1v) is 16.8. The van der Waals surface area contributed by atoms with Crippen molar-refractivity contribution in [2.24, 2.45) is 22.7 Å². The monoisotopic (exact) mass is 725 g/mol. The molecule has 2 aromatic heterocycles. The zero-order valence-electron chi connectivity index (χ0n) is 29.0. The molecule has 3 aromatic rings. The highest BCUT2D eigenvalue weighted by atomic mass is 19.3. The van der Waals surface area contributed by atoms with Gasteiger partial charge in [0.1, 0.15) is 41.5 Å². The summed E-state index contributed by atoms with van der Waals surface area (Å²) in [5.74, 6) is -4.03. The van der Waals surface area contributed by atoms with Crippen molar-refractivity contribution in [2.75, 3.05) is 6.61 Å². The Balaban J connectivity index is 1.35. The topological polar surface area (TPSA) is 170 Å². The van der Waals surface area contributed by atoms with Crippen molar-refractivity contribution >= 4 is 17.9 Å². The Morgan fingerprint density at radius 2 is 1.71 bits per heavy atom. The van der Waals surface area contributed by atoms with Crippen LogP contribution in [0, 0.1) is 22.7 Å². The van der Waals surface area contributed by atoms with Gasteiger partial charge in [0.2, 0.25) is 0 Å². The van der Waals surface area contributed by atoms with Crippen LogP contribution in [-0.2, 0) is 23.8 Å². The Labute approximate surface area is 296 Å². The van der Waals surface area contributed by atoms with E-state index in [4.69, 9.17) is 23.4 Å². The lowest BCUT2D eigenvalue weighted by Crippen LogP contribution is -2.71. The molecule has 4 heterocycles. The molecule has 52 heavy (non-hydrogen) atoms. The summed E-state index contributed by atoms with van der Waals surface area (Å²) < 4.78 is 66.6. The third-order valence-electron chi connectivity index (χ3n) is 11.3. The fourth-order valence-electron chi connectivity index (χ4n) is 9.11. The van der Waals surface area contributed by atoms with Crippen molar-refractivity contribution < 1.29 is 61.1 Å². The van der Waals surface area contributed by atoms with E-state index in [1.54, 1.807) is 25.3 Å². The SMILES string of the molecule is CC(=O)OCC1(C)C2C[C@H](OC(=O)c3ccc4c(c3)OC(F)(F)O4)[C@@]3(C)Oc4cc(-c5cccnc5)oc(=O)c4C(O)C3[C@@]2(C)CC[C@@H]1OC(C)=O. The summed E-state index contributed by atoms with van der Waals surface area (Å²) in [7, 11) is 0. The van der Waals surface area contributed by atoms with Crippen molar-refractivity contribution in [2.45, 2.75) is 84.1 Å². The highest BCUT2D eigenvalue weighted by molar-refractivity contribution is 5.90. The van der Waals surface area contributed by atoms with E-state index in [0.29, 0.717) is 18.4 Å². The zero-order chi connectivity index (χ0) is 37.4. The lowest BCUT2D eigenvalue weighted by molar-refractivity contribution is -0.286. The predicted octanol–water partition coefficient (Wildman–Crippen LogP) is 5.37. The normalized spacial score (nSPS) is 32.3. The van der Waals surface area contributed by atoms with Crippen LogP contribution in [0.25, 0.3) is 11.3 Å². The number of carbonyl (C=O) groups is 3. The molecule has 4 unspecified atom stereocenters. The average Bonchev–Trinajstić information content (AvgIpc) is 3.39. The molecule has 0 radical (unpaired) electrons. The molecule has 7 rings (SSSR count). The number of aromatic nitrogens is 1. The molecule has 15 heteroatoms. The molecule has 2 saturated carbocycles. The summed E-state index contributed by atoms with van der Waals surface area (Å²) in [5.41, 5.74) is -4.10. The summed E-state index contributed by atoms with van der Waals surface area (Å²) >= 11 is 0. The van der Waals surface area contributed by atoms with Crippen LogP contribution < -0.4 is 19.8 Å². The van der Waals surface area contributed by atoms with Gasteiger partial charge in [-0.05, 0) is 67.9 Å². The van der Waals surface area contributed by atoms with Gasteiger partial charge in [-0.3, -0.25) is 14.6 Å². The maximum atomic E-state index is 13.9. The van der Waals surface area contributed by atoms with Crippen molar-refractivity contribution in [1.82, 2.24) is 4.98 Å². The van der Waals surface area contributed by atoms with Crippen LogP contribution >= 0.6 is 0 Å². The number of esters is 3. The Bertz CT molecular complexity index is 2000. The zero-order valence-corrected chi connectivity index (χ0v) is 29.0. The van der Waals surface area contributed by atoms with E-state index in [-0.39, 0.29) is 47.2 Å². The summed E-state index contributed by atoms with van der Waals surface area (Å²) in [6, 6.07) is 8.31. The molecule has 2 aliphatic carbocycles. The van der Waals surface area contributed by atoms with Gasteiger partial charge in [0.25, 0.3) is 0 Å². The van der Waals surface area contributed by atoms with Crippen LogP contribution in [0.2, 0.25) is 0 Å². The lowest BCUT2D eigenvalue weighted by atomic mass is 9.42. The predicted molar refractivity (Wildman–Crippen MR) is 173 cm³/mol. The maximum absolute atomic E-state index is 13.9. The molecule has 276 valence electrons. The van der Waals surface area contributed by atoms with E-state index in [0.717, 1.165) is 12.1 Å². The number of ether oxygens (including phenoxy) is 6. The molecule has 4 aliphatic rings. The van der Waals surface area contributed by atoms with Gasteiger partial charge in [-0.25, -0.2) is 9.59 Å². The largest absolute Gasteiger partial charge is 0.586 e. The molecule has 8 atom stereocenters. The van der Waals surface area contributed by atoms with Gasteiger partial charge in [-0.2, -0.15) is 0 Å². The second-order valence-corrected chi connectivity index (χ2v) is 14.6. The molecular formula is C37H37F2NO12. The van der Waals surface area contributed by atoms with Crippen LogP contribution in [0.1, 0.15) is 75.9 Å². The summed E-state index contributed by atoms with van der Waals surface area (Å²) in [4.78, 5) is 56.1. The highest BCUT2D eigenvalue weighted by Crippen LogP contribution is 2.67. The Morgan fingerprint density at radius 1 is 0.962 bits per heavy atom. The van der Waals surface area contributed by atoms with Crippen molar-refractivity contribution in [1.29, 1.82) is 0 Å². The molecule has 0 spiro atoms. The first-order chi connectivity index (χ1) is 24.4. The first kappa shape index (κ1) is 35.4. The Morgan fingerprint density at radius 3 is 2.40 bits per heavy atom. The minimum Gasteiger partial charge on any atom is -0.482 e. The number of hydrogen-bond donors (Lipinski definition) is 1. The number of alkyl halides is 2. The molecule has 1 aromatic carbocycles. The van der Waals surface area contributed by atoms with Gasteiger partial charge < -0.3 is 37.9 Å². The fourth-order valence-corrected chi connectivity index (χ4v) is 9.11. The number of aliphatic hydroxyl groups excluding tert-OH is 1. The number of fused-ring (bicyclic) bond motifs is 5. The number of rotatable bonds is 6. The third kappa shape index (κ3) is 5.74. The maximum Gasteiger partial charge on any atom is 0.586 e. The van der Waals surface area contributed by atoms with Crippen LogP contribution in [0.15, 0.2) is 58.0 Å². The molecule has 1 N–H and O–H groups in total. The third-order valence-corrected chi connectivity index (χ3v) is 11.3. The van der Waals surface area contributed by atoms with Crippen LogP contribution in [0.4, 0.5) is 8.78 Å². The van der Waals surface area contributed by atoms with E-state index in [1.165, 1.54) is 32.2 Å². The van der Waals surface area contributed by atoms with E-state index in [2.05, 4.69) is 14.5 Å². The van der Waals surface area contributed by atoms with E-state index in [9.17, 15) is 33.1 Å². The molecule has 2 fully saturated rings. The van der Waals surface area contributed by atoms with Crippen LogP contribution in [0.3, 0.4) is 0 Å². The summed E-state index contributed by atoms with van der Waals surface area (Å²) in [6.07, 6.45) is -3.51. The number of nitrogens with zero attached hydrogens (tertiary/aromatic N) is 1. The van der Waals surface area contributed by atoms with Gasteiger partial charge in [0.15, 0.2) is 11.5 Å². The molecule has 0 saturated heterocycles. The van der Waals surface area contributed by atoms with Crippen LogP contribution in [-0.4, -0.2) is 58.7 Å². The first-order valence-electron chi connectivity index (χ1n) is 16.8. The fraction of sp³-hybridized carbons (Fsp3) is 0.486. The molecular weight excluding hydrogens is 688 g/mol. The summed E-state index contributed by atoms with van der Waals surface area (Å²) in [6.45, 7) is 7.78. The number of aliphatic hydroxyl groups is 1. The molecule has 2 aliphatic heterocycles. The smallest absolute Gasteiger partial charge is 0.482 e. The van der Waals surface area contributed by atoms with Gasteiger partial charge in [0, 0.05) is 49.2 Å². The Hall–Kier alpha value is -5.05. The van der Waals surface area contributed by atoms with E-state index in [1.807, 2.05) is 13.8 Å². The van der Waals surface area contributed by atoms with Gasteiger partial charge in [-0.1, -0.05) is 13.8 Å². The summed E-state index contributed by atoms with van der Waals surface area (Å²) in [5, 5.41) is 12.3. The highest BCUT2D eigenvalue weighted by Gasteiger charge is 2.71. The van der Waals surface area contributed by atoms with Gasteiger partial charge in [-0.15, -0.1) is 8.78 Å². The second kappa shape index (κ2) is 12.3. The van der Waals surface area contributed by atoms with Gasteiger partial charge >= 0.3 is 29.8 Å². The number of hydrogen-bond acceptors (Lipinski definition) is 13. The number of benzene rings is 1. The van der Waals surface area contributed by atoms with E-state index < -0.39 is 76.4 Å². The van der Waals surface area contributed by atoms with Crippen molar-refractivity contribution in [3.63, 3.8) is 0 Å². The minimum absolute atomic E-state index is 0.0195. The number of halogens is 2. The standard InChI is InChI=1S/C37H37F2NO12/c1-18(41)46-17-35(4)26-15-28(49-32(44)20-8-9-22-24(13-20)52-37(38,39)51-22)36(5)31(34(26,3)11-10-27(35)47-19(2)42)30(43)29-25(50-36)14-23(48-33(29)45)21-7-6-12-40-16-21/h6-9,12-14,16,26-28,30-31,43H,10-11,15,17H2,1-5H3/t26?,27-,28-,30?,31?,34-,35?,36+/m0/s1. The second-order valence-electron chi connectivity index (χ2n) is 14.6. The number of carbonyl (C=O) groups excluding carboxylic acids is 3. The Kier molecular flexibility index (Phi) is 8.35. The molecule has 0 bridgehead atoms. The average molecular weight is 726 g/mol. The van der Waals surface area contributed by atoms with E-state index >= 15 is 0 Å². The van der Waals surface area contributed by atoms with Crippen molar-refractivity contribution in [3.05, 3.63) is 70.3 Å². The quantitative estimate of drug-likeness (QED) is 0.254. The van der Waals surface area contributed by atoms with Crippen LogP contribution in [0.5, 0.6) is 17.2 Å². The molecule has 13 nitrogen and oxygen atoms in total. The lowest BCUT2D eigenvalue weighted by Gasteiger charge is -2.66.